The molecule has 2 aliphatic rings. The van der Waals surface area contributed by atoms with Crippen LogP contribution >= 0.6 is 11.8 Å². The molecule has 2 aliphatic heterocycles. The highest BCUT2D eigenvalue weighted by molar-refractivity contribution is 7.98. The Balaban J connectivity index is 2.00. The summed E-state index contributed by atoms with van der Waals surface area (Å²) in [6, 6.07) is -0.470. The van der Waals surface area contributed by atoms with Gasteiger partial charge in [0.15, 0.2) is 0 Å². The topological polar surface area (TPSA) is 81.8 Å². The largest absolute Gasteiger partial charge is 0.353 e. The quantitative estimate of drug-likeness (QED) is 0.705. The average Bonchev–Trinajstić information content (AvgIpc) is 2.56. The van der Waals surface area contributed by atoms with Crippen LogP contribution < -0.4 is 10.6 Å². The van der Waals surface area contributed by atoms with E-state index in [0.717, 1.165) is 12.3 Å². The third-order valence-corrected chi connectivity index (χ3v) is 5.72. The predicted octanol–water partition coefficient (Wildman–Crippen LogP) is -0.333. The minimum Gasteiger partial charge on any atom is -0.353 e. The van der Waals surface area contributed by atoms with Gasteiger partial charge in [0.25, 0.3) is 0 Å². The van der Waals surface area contributed by atoms with Gasteiger partial charge in [0.2, 0.25) is 17.7 Å². The Labute approximate surface area is 147 Å². The summed E-state index contributed by atoms with van der Waals surface area (Å²) in [6.07, 6.45) is 3.88. The van der Waals surface area contributed by atoms with Crippen molar-refractivity contribution in [3.05, 3.63) is 0 Å². The number of piperazine rings is 1. The summed E-state index contributed by atoms with van der Waals surface area (Å²) in [5.74, 6) is 0.672. The minimum atomic E-state index is -0.488. The normalized spacial score (nSPS) is 22.1. The Bertz CT molecular complexity index is 492. The summed E-state index contributed by atoms with van der Waals surface area (Å²) >= 11 is 1.66. The van der Waals surface area contributed by atoms with E-state index in [1.807, 2.05) is 13.3 Å². The molecule has 136 valence electrons. The van der Waals surface area contributed by atoms with E-state index >= 15 is 0 Å². The van der Waals surface area contributed by atoms with Crippen molar-refractivity contribution >= 4 is 29.5 Å². The van der Waals surface area contributed by atoms with Crippen LogP contribution in [0.3, 0.4) is 0 Å². The number of hydrogen-bond donors (Lipinski definition) is 2. The number of likely N-dealkylation sites (N-methyl/N-ethyl adjacent to an activating group) is 1. The maximum absolute atomic E-state index is 12.8. The summed E-state index contributed by atoms with van der Waals surface area (Å²) in [4.78, 5) is 40.4. The Morgan fingerprint density at radius 3 is 2.54 bits per heavy atom. The first-order valence-corrected chi connectivity index (χ1v) is 9.84. The second-order valence-electron chi connectivity index (χ2n) is 6.57. The molecule has 0 unspecified atom stereocenters. The van der Waals surface area contributed by atoms with Gasteiger partial charge in [-0.05, 0) is 38.3 Å². The van der Waals surface area contributed by atoms with Crippen molar-refractivity contribution in [1.29, 1.82) is 0 Å². The highest BCUT2D eigenvalue weighted by atomic mass is 32.2. The molecule has 0 saturated carbocycles. The summed E-state index contributed by atoms with van der Waals surface area (Å²) < 4.78 is 0. The fourth-order valence-corrected chi connectivity index (χ4v) is 4.03. The molecule has 0 aromatic heterocycles. The van der Waals surface area contributed by atoms with E-state index in [4.69, 9.17) is 0 Å². The number of amides is 3. The second-order valence-corrected chi connectivity index (χ2v) is 7.55. The van der Waals surface area contributed by atoms with Gasteiger partial charge in [0.05, 0.1) is 0 Å². The zero-order valence-corrected chi connectivity index (χ0v) is 15.6. The van der Waals surface area contributed by atoms with Crippen LogP contribution in [0.4, 0.5) is 0 Å². The lowest BCUT2D eigenvalue weighted by Gasteiger charge is -2.48. The maximum atomic E-state index is 12.8. The molecule has 2 heterocycles. The van der Waals surface area contributed by atoms with E-state index in [1.165, 1.54) is 6.92 Å². The Morgan fingerprint density at radius 2 is 2.00 bits per heavy atom. The van der Waals surface area contributed by atoms with Crippen LogP contribution in [-0.4, -0.2) is 84.3 Å². The molecule has 24 heavy (non-hydrogen) atoms. The molecule has 1 spiro atoms. The van der Waals surface area contributed by atoms with Crippen molar-refractivity contribution in [2.45, 2.75) is 37.8 Å². The molecule has 0 aromatic carbocycles. The number of nitrogens with one attached hydrogen (secondary N) is 2. The van der Waals surface area contributed by atoms with Crippen LogP contribution in [0.5, 0.6) is 0 Å². The highest BCUT2D eigenvalue weighted by Gasteiger charge is 2.47. The third kappa shape index (κ3) is 4.03. The van der Waals surface area contributed by atoms with Crippen LogP contribution in [-0.2, 0) is 14.4 Å². The van der Waals surface area contributed by atoms with Gasteiger partial charge in [0.1, 0.15) is 11.6 Å². The zero-order chi connectivity index (χ0) is 17.7. The zero-order valence-electron chi connectivity index (χ0n) is 14.8. The molecule has 7 nitrogen and oxygen atoms in total. The average molecular weight is 356 g/mol. The fourth-order valence-electron chi connectivity index (χ4n) is 3.55. The fraction of sp³-hybridized carbons (Fsp3) is 0.812. The molecule has 0 aliphatic carbocycles. The number of hydrogen-bond acceptors (Lipinski definition) is 5. The van der Waals surface area contributed by atoms with E-state index in [0.29, 0.717) is 38.9 Å². The first-order valence-electron chi connectivity index (χ1n) is 8.45. The van der Waals surface area contributed by atoms with Gasteiger partial charge in [0, 0.05) is 33.1 Å². The van der Waals surface area contributed by atoms with E-state index in [9.17, 15) is 14.4 Å². The summed E-state index contributed by atoms with van der Waals surface area (Å²) in [6.45, 7) is 4.05. The molecule has 0 aromatic rings. The van der Waals surface area contributed by atoms with E-state index in [-0.39, 0.29) is 17.7 Å². The second kappa shape index (κ2) is 8.20. The maximum Gasteiger partial charge on any atom is 0.245 e. The van der Waals surface area contributed by atoms with Gasteiger partial charge in [-0.1, -0.05) is 0 Å². The van der Waals surface area contributed by atoms with Crippen molar-refractivity contribution in [1.82, 2.24) is 20.4 Å². The van der Waals surface area contributed by atoms with E-state index < -0.39 is 11.6 Å². The predicted molar refractivity (Wildman–Crippen MR) is 94.8 cm³/mol. The van der Waals surface area contributed by atoms with Crippen molar-refractivity contribution in [3.8, 4) is 0 Å². The van der Waals surface area contributed by atoms with Gasteiger partial charge >= 0.3 is 0 Å². The Hall–Kier alpha value is -1.28. The molecule has 2 saturated heterocycles. The molecule has 0 bridgehead atoms. The van der Waals surface area contributed by atoms with Crippen molar-refractivity contribution in [3.63, 3.8) is 0 Å². The molecular weight excluding hydrogens is 328 g/mol. The SMILES string of the molecule is CSCC[C@H](NC(C)=O)C(=O)N1CCC2(CC1)C(=O)NCCN2C. The van der Waals surface area contributed by atoms with Gasteiger partial charge in [-0.15, -0.1) is 0 Å². The minimum absolute atomic E-state index is 0.0343. The molecule has 1 atom stereocenters. The van der Waals surface area contributed by atoms with Gasteiger partial charge in [-0.2, -0.15) is 11.8 Å². The molecule has 8 heteroatoms. The Kier molecular flexibility index (Phi) is 6.51. The monoisotopic (exact) mass is 356 g/mol. The number of thioether (sulfide) groups is 1. The molecular formula is C16H28N4O3S. The van der Waals surface area contributed by atoms with Crippen molar-refractivity contribution in [2.24, 2.45) is 0 Å². The number of carbonyl (C=O) groups is 3. The number of piperidine rings is 1. The number of likely N-dealkylation sites (tertiary alicyclic amines) is 1. The standard InChI is InChI=1S/C16H28N4O3S/c1-12(21)18-13(4-11-24-3)14(22)20-8-5-16(6-9-20)15(23)17-7-10-19(16)2/h13H,4-11H2,1-3H3,(H,17,23)(H,18,21)/t13-/m0/s1. The van der Waals surface area contributed by atoms with Crippen LogP contribution in [0.2, 0.25) is 0 Å². The summed E-state index contributed by atoms with van der Waals surface area (Å²) in [5.41, 5.74) is -0.488. The van der Waals surface area contributed by atoms with E-state index in [2.05, 4.69) is 15.5 Å². The summed E-state index contributed by atoms with van der Waals surface area (Å²) in [5, 5.41) is 5.72. The van der Waals surface area contributed by atoms with Crippen molar-refractivity contribution in [2.75, 3.05) is 45.2 Å². The first kappa shape index (κ1) is 19.1. The number of carbonyl (C=O) groups excluding carboxylic acids is 3. The molecule has 2 rings (SSSR count). The highest BCUT2D eigenvalue weighted by Crippen LogP contribution is 2.30. The molecule has 2 N–H and O–H groups in total. The molecule has 2 fully saturated rings. The lowest BCUT2D eigenvalue weighted by molar-refractivity contribution is -0.146. The van der Waals surface area contributed by atoms with Crippen LogP contribution in [0.25, 0.3) is 0 Å². The van der Waals surface area contributed by atoms with Gasteiger partial charge in [-0.25, -0.2) is 0 Å². The lowest BCUT2D eigenvalue weighted by Crippen LogP contribution is -2.67. The number of nitrogens with zero attached hydrogens (tertiary/aromatic N) is 2. The number of rotatable bonds is 5. The lowest BCUT2D eigenvalue weighted by atomic mass is 9.83. The summed E-state index contributed by atoms with van der Waals surface area (Å²) in [7, 11) is 1.98. The molecule has 0 radical (unpaired) electrons. The van der Waals surface area contributed by atoms with Gasteiger partial charge < -0.3 is 15.5 Å². The van der Waals surface area contributed by atoms with Crippen LogP contribution in [0, 0.1) is 0 Å². The van der Waals surface area contributed by atoms with Gasteiger partial charge in [-0.3, -0.25) is 19.3 Å². The van der Waals surface area contributed by atoms with E-state index in [1.54, 1.807) is 16.7 Å². The van der Waals surface area contributed by atoms with Crippen LogP contribution in [0.1, 0.15) is 26.2 Å². The smallest absolute Gasteiger partial charge is 0.245 e. The van der Waals surface area contributed by atoms with Crippen LogP contribution in [0.15, 0.2) is 0 Å². The third-order valence-electron chi connectivity index (χ3n) is 5.07. The van der Waals surface area contributed by atoms with Crippen molar-refractivity contribution < 1.29 is 14.4 Å². The molecule has 3 amide bonds. The first-order chi connectivity index (χ1) is 11.4. The Morgan fingerprint density at radius 1 is 1.33 bits per heavy atom.